The zero-order valence-corrected chi connectivity index (χ0v) is 50.7. The fraction of sp³-hybridized carbons (Fsp3) is 0.524. The van der Waals surface area contributed by atoms with Crippen molar-refractivity contribution in [2.75, 3.05) is 26.4 Å². The van der Waals surface area contributed by atoms with Crippen LogP contribution in [0.25, 0.3) is 82.1 Å². The average molecular weight is 1110 g/mol. The number of rotatable bonds is 32. The summed E-state index contributed by atoms with van der Waals surface area (Å²) in [5.41, 5.74) is 0. The summed E-state index contributed by atoms with van der Waals surface area (Å²) in [6.07, 6.45) is 22.2. The standard InChI is InChI=1S/C63H81FO4S6/c1-12-22-26-39(16-5)34-65-53-45-30-43(20-9)70-57(45)55(67-36-41(18-7)28-24-14-3)47-32-49(72-59(47)53)61-51-52(64)38(11)69-63(51)62(74-61)50-33-48-56(68-37-42(19-8)29-25-15-4)58-46(31-44(21-10)71-58)54(60(48)73-50)66-35-40(17-6)27-23-13-2/h20-21,30-33,39-42H,9-10,12-19,22-29,34-37H2,1-8,11H3. The van der Waals surface area contributed by atoms with Gasteiger partial charge in [0, 0.05) is 51.3 Å². The second kappa shape index (κ2) is 26.7. The van der Waals surface area contributed by atoms with Gasteiger partial charge in [-0.2, -0.15) is 0 Å². The molecule has 6 aromatic heterocycles. The van der Waals surface area contributed by atoms with Crippen molar-refractivity contribution in [3.05, 3.63) is 57.9 Å². The van der Waals surface area contributed by atoms with Gasteiger partial charge in [0.05, 0.1) is 59.7 Å². The first-order valence-corrected chi connectivity index (χ1v) is 33.0. The molecule has 0 N–H and O–H groups in total. The molecular weight excluding hydrogens is 1030 g/mol. The van der Waals surface area contributed by atoms with Gasteiger partial charge in [-0.05, 0) is 80.5 Å². The molecule has 0 aliphatic carbocycles. The largest absolute Gasteiger partial charge is 0.491 e. The normalized spacial score (nSPS) is 13.7. The summed E-state index contributed by atoms with van der Waals surface area (Å²) in [5, 5.41) is 5.00. The molecule has 11 heteroatoms. The number of benzene rings is 2. The van der Waals surface area contributed by atoms with E-state index in [9.17, 15) is 0 Å². The predicted octanol–water partition coefficient (Wildman–Crippen LogP) is 23.3. The second-order valence-corrected chi connectivity index (χ2v) is 27.1. The van der Waals surface area contributed by atoms with E-state index in [4.69, 9.17) is 18.9 Å². The lowest BCUT2D eigenvalue weighted by atomic mass is 10.0. The molecule has 0 fully saturated rings. The molecule has 74 heavy (non-hydrogen) atoms. The molecule has 8 aromatic rings. The third kappa shape index (κ3) is 12.1. The van der Waals surface area contributed by atoms with E-state index in [0.717, 1.165) is 149 Å². The van der Waals surface area contributed by atoms with Crippen LogP contribution in [-0.4, -0.2) is 26.4 Å². The summed E-state index contributed by atoms with van der Waals surface area (Å²) in [5.74, 6) is 5.41. The number of hydrogen-bond donors (Lipinski definition) is 0. The van der Waals surface area contributed by atoms with Crippen LogP contribution in [0.3, 0.4) is 0 Å². The Morgan fingerprint density at radius 1 is 0.446 bits per heavy atom. The van der Waals surface area contributed by atoms with Gasteiger partial charge in [0.1, 0.15) is 28.8 Å². The minimum absolute atomic E-state index is 0.130. The summed E-state index contributed by atoms with van der Waals surface area (Å²) in [6.45, 7) is 31.1. The van der Waals surface area contributed by atoms with Gasteiger partial charge in [-0.25, -0.2) is 4.39 Å². The molecule has 4 atom stereocenters. The quantitative estimate of drug-likeness (QED) is 0.0421. The van der Waals surface area contributed by atoms with Crippen LogP contribution in [0.4, 0.5) is 4.39 Å². The Hall–Kier alpha value is -3.45. The molecule has 4 unspecified atom stereocenters. The lowest BCUT2D eigenvalue weighted by molar-refractivity contribution is 0.235. The van der Waals surface area contributed by atoms with Gasteiger partial charge in [-0.3, -0.25) is 0 Å². The minimum atomic E-state index is -0.130. The van der Waals surface area contributed by atoms with E-state index in [1.165, 1.54) is 51.4 Å². The molecule has 0 bridgehead atoms. The molecule has 0 aliphatic heterocycles. The van der Waals surface area contributed by atoms with Gasteiger partial charge in [0.15, 0.2) is 0 Å². The second-order valence-electron chi connectivity index (χ2n) is 20.6. The highest BCUT2D eigenvalue weighted by Gasteiger charge is 2.30. The van der Waals surface area contributed by atoms with Crippen LogP contribution in [0.5, 0.6) is 23.0 Å². The number of ether oxygens (including phenoxy) is 4. The molecule has 4 nitrogen and oxygen atoms in total. The van der Waals surface area contributed by atoms with Crippen molar-refractivity contribution in [1.29, 1.82) is 0 Å². The highest BCUT2D eigenvalue weighted by Crippen LogP contribution is 2.58. The summed E-state index contributed by atoms with van der Waals surface area (Å²) < 4.78 is 50.8. The molecule has 0 saturated heterocycles. The Balaban J connectivity index is 1.32. The highest BCUT2D eigenvalue weighted by atomic mass is 32.1. The van der Waals surface area contributed by atoms with Crippen molar-refractivity contribution in [3.8, 4) is 42.5 Å². The van der Waals surface area contributed by atoms with Crippen molar-refractivity contribution >= 4 is 131 Å². The van der Waals surface area contributed by atoms with E-state index >= 15 is 4.39 Å². The maximum atomic E-state index is 17.1. The van der Waals surface area contributed by atoms with Crippen LogP contribution >= 0.6 is 68.0 Å². The topological polar surface area (TPSA) is 36.9 Å². The lowest BCUT2D eigenvalue weighted by Crippen LogP contribution is -2.12. The maximum absolute atomic E-state index is 17.1. The monoisotopic (exact) mass is 1110 g/mol. The van der Waals surface area contributed by atoms with E-state index in [1.807, 2.05) is 19.1 Å². The number of halogens is 1. The Bertz CT molecular complexity index is 2990. The predicted molar refractivity (Wildman–Crippen MR) is 332 cm³/mol. The van der Waals surface area contributed by atoms with Gasteiger partial charge in [0.25, 0.3) is 0 Å². The highest BCUT2D eigenvalue weighted by molar-refractivity contribution is 7.34. The first-order valence-electron chi connectivity index (χ1n) is 28.1. The van der Waals surface area contributed by atoms with Crippen molar-refractivity contribution in [1.82, 2.24) is 0 Å². The van der Waals surface area contributed by atoms with Gasteiger partial charge in [-0.15, -0.1) is 68.0 Å². The smallest absolute Gasteiger partial charge is 0.146 e. The fourth-order valence-corrected chi connectivity index (χ4v) is 17.4. The third-order valence-electron chi connectivity index (χ3n) is 15.3. The number of hydrogen-bond acceptors (Lipinski definition) is 10. The molecule has 0 saturated carbocycles. The zero-order valence-electron chi connectivity index (χ0n) is 45.8. The summed E-state index contributed by atoms with van der Waals surface area (Å²) >= 11 is 10.2. The van der Waals surface area contributed by atoms with Gasteiger partial charge in [-0.1, -0.05) is 158 Å². The minimum Gasteiger partial charge on any atom is -0.491 e. The van der Waals surface area contributed by atoms with E-state index in [0.29, 0.717) is 60.4 Å². The fourth-order valence-electron chi connectivity index (χ4n) is 10.3. The van der Waals surface area contributed by atoms with Crippen molar-refractivity contribution in [3.63, 3.8) is 0 Å². The summed E-state index contributed by atoms with van der Waals surface area (Å²) in [4.78, 5) is 7.10. The molecule has 0 spiro atoms. The molecule has 0 radical (unpaired) electrons. The Kier molecular flexibility index (Phi) is 20.5. The number of unbranched alkanes of at least 4 members (excludes halogenated alkanes) is 4. The third-order valence-corrected chi connectivity index (χ3v) is 22.6. The van der Waals surface area contributed by atoms with Crippen LogP contribution in [0, 0.1) is 36.4 Å². The maximum Gasteiger partial charge on any atom is 0.146 e. The van der Waals surface area contributed by atoms with Crippen molar-refractivity contribution in [2.24, 2.45) is 23.7 Å². The Labute approximate surface area is 466 Å². The molecule has 2 aromatic carbocycles. The van der Waals surface area contributed by atoms with Gasteiger partial charge >= 0.3 is 0 Å². The van der Waals surface area contributed by atoms with Gasteiger partial charge < -0.3 is 18.9 Å². The van der Waals surface area contributed by atoms with E-state index in [-0.39, 0.29) is 5.82 Å². The van der Waals surface area contributed by atoms with Crippen LogP contribution in [0.15, 0.2) is 37.4 Å². The van der Waals surface area contributed by atoms with E-state index < -0.39 is 0 Å². The van der Waals surface area contributed by atoms with Crippen LogP contribution in [0.2, 0.25) is 0 Å². The molecule has 0 amide bonds. The number of aryl methyl sites for hydroxylation is 1. The molecule has 400 valence electrons. The molecule has 0 aliphatic rings. The van der Waals surface area contributed by atoms with Crippen LogP contribution in [0.1, 0.15) is 173 Å². The van der Waals surface area contributed by atoms with Crippen molar-refractivity contribution < 1.29 is 23.3 Å². The molecule has 8 rings (SSSR count). The zero-order chi connectivity index (χ0) is 52.5. The van der Waals surface area contributed by atoms with Gasteiger partial charge in [0.2, 0.25) is 0 Å². The SMILES string of the molecule is C=Cc1cc2c(OCC(CC)CCCC)c3sc(-c4sc(-c5cc6c(OCC(CC)CCCC)c7sc(C=C)cc7c(OCC(CC)CCCC)c6s5)c5c(F)c(C)sc45)cc3c(OCC(CC)CCCC)c2s1. The summed E-state index contributed by atoms with van der Waals surface area (Å²) in [6, 6.07) is 9.10. The first-order chi connectivity index (χ1) is 36.1. The Morgan fingerprint density at radius 3 is 1.12 bits per heavy atom. The number of fused-ring (bicyclic) bond motifs is 5. The molecule has 6 heterocycles. The van der Waals surface area contributed by atoms with E-state index in [1.54, 1.807) is 68.0 Å². The number of thiophene rings is 6. The van der Waals surface area contributed by atoms with Crippen molar-refractivity contribution in [2.45, 2.75) is 165 Å². The summed E-state index contributed by atoms with van der Waals surface area (Å²) in [7, 11) is 0. The van der Waals surface area contributed by atoms with Crippen LogP contribution < -0.4 is 18.9 Å². The lowest BCUT2D eigenvalue weighted by Gasteiger charge is -2.19. The van der Waals surface area contributed by atoms with Crippen LogP contribution in [-0.2, 0) is 0 Å². The Morgan fingerprint density at radius 2 is 0.784 bits per heavy atom. The first kappa shape index (κ1) is 56.7. The average Bonchev–Trinajstić information content (AvgIpc) is 4.31. The van der Waals surface area contributed by atoms with E-state index in [2.05, 4.69) is 92.8 Å². The molecular formula is C63H81FO4S6.